The van der Waals surface area contributed by atoms with Crippen molar-refractivity contribution in [2.45, 2.75) is 34.6 Å². The molecular weight excluding hydrogens is 442 g/mol. The van der Waals surface area contributed by atoms with Crippen molar-refractivity contribution in [2.24, 2.45) is 0 Å². The van der Waals surface area contributed by atoms with Gasteiger partial charge in [-0.2, -0.15) is 0 Å². The van der Waals surface area contributed by atoms with Gasteiger partial charge in [0.25, 0.3) is 0 Å². The minimum atomic E-state index is -0.226. The van der Waals surface area contributed by atoms with Crippen LogP contribution in [0.2, 0.25) is 0 Å². The fourth-order valence-electron chi connectivity index (χ4n) is 2.43. The standard InChI is InChI=1S/C10H8N2.C10H15.2ClH.Rh/c1-3-7-11-9(5-1)10-6-2-4-8-12-10;1-6-7(2)9(4)10(5)8(6)3;;;/h1-8H;1-5H3;2*1H;/q;;;;+3/p-2. The largest absolute Gasteiger partial charge is 0.255 e. The molecule has 1 fully saturated rings. The molecule has 0 saturated heterocycles. The second kappa shape index (κ2) is 12.0. The Morgan fingerprint density at radius 2 is 0.880 bits per heavy atom. The van der Waals surface area contributed by atoms with Gasteiger partial charge in [0.1, 0.15) is 0 Å². The fraction of sp³-hybridized carbons (Fsp3) is 0.250. The van der Waals surface area contributed by atoms with E-state index in [9.17, 15) is 0 Å². The Morgan fingerprint density at radius 1 is 0.600 bits per heavy atom. The molecule has 3 rings (SSSR count). The van der Waals surface area contributed by atoms with Gasteiger partial charge in [-0.1, -0.05) is 46.8 Å². The Balaban J connectivity index is 0.000000220. The van der Waals surface area contributed by atoms with Gasteiger partial charge in [0.15, 0.2) is 0 Å². The molecule has 1 saturated carbocycles. The SMILES string of the molecule is C[C]1[C](C)[C](C)[C](C)[C]1C.[Cl][Rh+][Cl].c1ccc(-c2ccccn2)nc1. The summed E-state index contributed by atoms with van der Waals surface area (Å²) >= 11 is -0.226. The molecule has 135 valence electrons. The third kappa shape index (κ3) is 6.96. The normalized spacial score (nSPS) is 16.9. The Labute approximate surface area is 168 Å². The number of hydrogen-bond acceptors (Lipinski definition) is 2. The first-order chi connectivity index (χ1) is 11.9. The molecule has 2 aromatic rings. The zero-order valence-electron chi connectivity index (χ0n) is 15.1. The maximum atomic E-state index is 4.83. The van der Waals surface area contributed by atoms with E-state index >= 15 is 0 Å². The predicted octanol–water partition coefficient (Wildman–Crippen LogP) is 6.49. The van der Waals surface area contributed by atoms with Gasteiger partial charge in [-0.15, -0.1) is 0 Å². The summed E-state index contributed by atoms with van der Waals surface area (Å²) in [5.41, 5.74) is 1.83. The van der Waals surface area contributed by atoms with Gasteiger partial charge in [-0.3, -0.25) is 9.97 Å². The molecule has 0 unspecified atom stereocenters. The van der Waals surface area contributed by atoms with Crippen LogP contribution in [0.4, 0.5) is 0 Å². The second-order valence-electron chi connectivity index (χ2n) is 5.60. The van der Waals surface area contributed by atoms with Gasteiger partial charge in [-0.25, -0.2) is 0 Å². The molecule has 25 heavy (non-hydrogen) atoms. The van der Waals surface area contributed by atoms with E-state index in [-0.39, 0.29) is 15.1 Å². The van der Waals surface area contributed by atoms with Crippen LogP contribution in [-0.4, -0.2) is 9.97 Å². The van der Waals surface area contributed by atoms with Crippen molar-refractivity contribution in [3.63, 3.8) is 0 Å². The number of aromatic nitrogens is 2. The topological polar surface area (TPSA) is 25.8 Å². The summed E-state index contributed by atoms with van der Waals surface area (Å²) in [5.74, 6) is 7.34. The second-order valence-corrected chi connectivity index (χ2v) is 8.09. The molecule has 2 aromatic heterocycles. The molecule has 0 N–H and O–H groups in total. The predicted molar refractivity (Wildman–Crippen MR) is 104 cm³/mol. The summed E-state index contributed by atoms with van der Waals surface area (Å²) in [6, 6.07) is 11.6. The van der Waals surface area contributed by atoms with Gasteiger partial charge in [0, 0.05) is 12.4 Å². The fourth-order valence-corrected chi connectivity index (χ4v) is 2.43. The summed E-state index contributed by atoms with van der Waals surface area (Å²) in [5, 5.41) is 0. The maximum Gasteiger partial charge on any atom is 0.0886 e. The Kier molecular flexibility index (Phi) is 10.8. The number of hydrogen-bond donors (Lipinski definition) is 0. The van der Waals surface area contributed by atoms with Crippen LogP contribution in [0, 0.1) is 29.6 Å². The molecular formula is C20H23Cl2N2Rh+. The molecule has 2 heterocycles. The monoisotopic (exact) mass is 464 g/mol. The first-order valence-corrected chi connectivity index (χ1v) is 12.0. The molecule has 1 aliphatic carbocycles. The maximum absolute atomic E-state index is 4.83. The average Bonchev–Trinajstić information content (AvgIpc) is 2.82. The van der Waals surface area contributed by atoms with Crippen molar-refractivity contribution in [2.75, 3.05) is 0 Å². The molecule has 0 atom stereocenters. The minimum Gasteiger partial charge on any atom is -0.255 e. The van der Waals surface area contributed by atoms with Crippen LogP contribution in [0.25, 0.3) is 11.4 Å². The molecule has 1 aliphatic rings. The first-order valence-electron chi connectivity index (χ1n) is 7.79. The van der Waals surface area contributed by atoms with Crippen LogP contribution in [0.3, 0.4) is 0 Å². The van der Waals surface area contributed by atoms with E-state index < -0.39 is 0 Å². The Bertz CT molecular complexity index is 500. The van der Waals surface area contributed by atoms with Crippen molar-refractivity contribution < 1.29 is 15.1 Å². The van der Waals surface area contributed by atoms with E-state index in [0.717, 1.165) is 11.4 Å². The third-order valence-electron chi connectivity index (χ3n) is 4.40. The van der Waals surface area contributed by atoms with E-state index in [2.05, 4.69) is 44.6 Å². The van der Waals surface area contributed by atoms with Crippen molar-refractivity contribution >= 4 is 19.4 Å². The molecule has 0 spiro atoms. The van der Waals surface area contributed by atoms with Crippen LogP contribution in [-0.2, 0) is 15.1 Å². The molecule has 5 radical (unpaired) electrons. The van der Waals surface area contributed by atoms with Crippen LogP contribution in [0.5, 0.6) is 0 Å². The van der Waals surface area contributed by atoms with Gasteiger partial charge in [0.05, 0.1) is 11.4 Å². The van der Waals surface area contributed by atoms with Crippen molar-refractivity contribution in [1.29, 1.82) is 0 Å². The van der Waals surface area contributed by atoms with E-state index in [4.69, 9.17) is 19.4 Å². The number of rotatable bonds is 1. The zero-order valence-corrected chi connectivity index (χ0v) is 18.3. The smallest absolute Gasteiger partial charge is 0.0886 e. The molecule has 0 amide bonds. The van der Waals surface area contributed by atoms with Crippen molar-refractivity contribution in [3.8, 4) is 11.4 Å². The van der Waals surface area contributed by atoms with Crippen LogP contribution >= 0.6 is 19.4 Å². The average molecular weight is 465 g/mol. The van der Waals surface area contributed by atoms with Gasteiger partial charge < -0.3 is 0 Å². The molecule has 0 aliphatic heterocycles. The summed E-state index contributed by atoms with van der Waals surface area (Å²) < 4.78 is 0. The summed E-state index contributed by atoms with van der Waals surface area (Å²) in [7, 11) is 9.67. The molecule has 0 bridgehead atoms. The molecule has 2 nitrogen and oxygen atoms in total. The summed E-state index contributed by atoms with van der Waals surface area (Å²) in [6.45, 7) is 11.0. The summed E-state index contributed by atoms with van der Waals surface area (Å²) in [4.78, 5) is 8.37. The van der Waals surface area contributed by atoms with E-state index in [1.54, 1.807) is 12.4 Å². The summed E-state index contributed by atoms with van der Waals surface area (Å²) in [6.07, 6.45) is 3.54. The van der Waals surface area contributed by atoms with E-state index in [1.807, 2.05) is 36.4 Å². The Morgan fingerprint density at radius 3 is 1.08 bits per heavy atom. The molecule has 0 aromatic carbocycles. The van der Waals surface area contributed by atoms with Crippen molar-refractivity contribution in [3.05, 3.63) is 78.4 Å². The van der Waals surface area contributed by atoms with Crippen molar-refractivity contribution in [1.82, 2.24) is 9.97 Å². The van der Waals surface area contributed by atoms with Crippen LogP contribution in [0.1, 0.15) is 34.6 Å². The number of pyridine rings is 2. The molecule has 5 heteroatoms. The van der Waals surface area contributed by atoms with Gasteiger partial charge >= 0.3 is 34.5 Å². The first kappa shape index (κ1) is 22.5. The van der Waals surface area contributed by atoms with Crippen LogP contribution < -0.4 is 0 Å². The van der Waals surface area contributed by atoms with E-state index in [1.165, 1.54) is 29.6 Å². The number of halogens is 2. The quantitative estimate of drug-likeness (QED) is 0.450. The van der Waals surface area contributed by atoms with Gasteiger partial charge in [0.2, 0.25) is 0 Å². The zero-order chi connectivity index (χ0) is 18.8. The van der Waals surface area contributed by atoms with E-state index in [0.29, 0.717) is 0 Å². The van der Waals surface area contributed by atoms with Crippen LogP contribution in [0.15, 0.2) is 48.8 Å². The number of nitrogens with zero attached hydrogens (tertiary/aromatic N) is 2. The third-order valence-corrected chi connectivity index (χ3v) is 4.40. The van der Waals surface area contributed by atoms with Gasteiger partial charge in [-0.05, 0) is 53.9 Å². The Hall–Kier alpha value is -0.497. The minimum absolute atomic E-state index is 0.226.